The Bertz CT molecular complexity index is 1620. The zero-order valence-corrected chi connectivity index (χ0v) is 25.1. The highest BCUT2D eigenvalue weighted by Gasteiger charge is 2.13. The maximum Gasteiger partial charge on any atom is 0.305 e. The molecule has 0 unspecified atom stereocenters. The van der Waals surface area contributed by atoms with Gasteiger partial charge in [0.05, 0.1) is 11.4 Å². The van der Waals surface area contributed by atoms with E-state index in [0.29, 0.717) is 12.8 Å². The van der Waals surface area contributed by atoms with Crippen LogP contribution in [-0.4, -0.2) is 13.1 Å². The van der Waals surface area contributed by atoms with Crippen molar-refractivity contribution in [1.29, 1.82) is 0 Å². The van der Waals surface area contributed by atoms with Gasteiger partial charge in [0.25, 0.3) is 0 Å². The summed E-state index contributed by atoms with van der Waals surface area (Å²) in [4.78, 5) is 17.5. The lowest BCUT2D eigenvalue weighted by Gasteiger charge is -2.25. The molecule has 0 saturated carbocycles. The number of methoxy groups -OCH3 is 1. The van der Waals surface area contributed by atoms with Crippen LogP contribution in [0.3, 0.4) is 0 Å². The Morgan fingerprint density at radius 3 is 2.10 bits per heavy atom. The summed E-state index contributed by atoms with van der Waals surface area (Å²) in [6, 6.07) is 31.6. The second kappa shape index (κ2) is 12.7. The predicted molar refractivity (Wildman–Crippen MR) is 173 cm³/mol. The van der Waals surface area contributed by atoms with Crippen LogP contribution in [0.15, 0.2) is 91.0 Å². The average molecular weight is 584 g/mol. The number of rotatable bonds is 9. The van der Waals surface area contributed by atoms with Crippen molar-refractivity contribution in [3.05, 3.63) is 122 Å². The predicted octanol–water partition coefficient (Wildman–Crippen LogP) is 10.5. The third kappa shape index (κ3) is 6.56. The van der Waals surface area contributed by atoms with E-state index in [0.717, 1.165) is 32.5 Å². The Hall–Kier alpha value is -3.64. The summed E-state index contributed by atoms with van der Waals surface area (Å²) >= 11 is 9.68. The van der Waals surface area contributed by atoms with Gasteiger partial charge in [-0.3, -0.25) is 4.79 Å². The molecule has 0 bridgehead atoms. The molecule has 40 heavy (non-hydrogen) atoms. The molecule has 0 atom stereocenters. The van der Waals surface area contributed by atoms with Crippen molar-refractivity contribution < 1.29 is 9.53 Å². The minimum absolute atomic E-state index is 0.193. The number of ether oxygens (including phenoxy) is 1. The van der Waals surface area contributed by atoms with E-state index in [1.54, 1.807) is 22.7 Å². The smallest absolute Gasteiger partial charge is 0.305 e. The van der Waals surface area contributed by atoms with Gasteiger partial charge in [-0.05, 0) is 97.1 Å². The van der Waals surface area contributed by atoms with Crippen molar-refractivity contribution in [2.75, 3.05) is 12.0 Å². The lowest BCUT2D eigenvalue weighted by atomic mass is 10.1. The number of nitrogens with zero attached hydrogens (tertiary/aromatic N) is 1. The highest BCUT2D eigenvalue weighted by Crippen LogP contribution is 2.40. The van der Waals surface area contributed by atoms with Crippen molar-refractivity contribution in [2.24, 2.45) is 0 Å². The first kappa shape index (κ1) is 27.9. The Balaban J connectivity index is 1.37. The molecule has 2 aromatic heterocycles. The van der Waals surface area contributed by atoms with Gasteiger partial charge >= 0.3 is 5.97 Å². The molecule has 202 valence electrons. The minimum Gasteiger partial charge on any atom is -0.469 e. The fraction of sp³-hybridized carbons (Fsp3) is 0.147. The maximum atomic E-state index is 11.5. The SMILES string of the molecule is COC(=O)CCc1ccc(N(c2ccccc2)c2ccc(/C=C/c3sc(-c4sc(Cl)cc4C)cc3C)cc2)cc1. The number of carbonyl (C=O) groups is 1. The van der Waals surface area contributed by atoms with Crippen LogP contribution in [0.1, 0.15) is 33.6 Å². The van der Waals surface area contributed by atoms with Gasteiger partial charge in [-0.2, -0.15) is 0 Å². The molecule has 3 nitrogen and oxygen atoms in total. The Kier molecular flexibility index (Phi) is 8.85. The summed E-state index contributed by atoms with van der Waals surface area (Å²) in [7, 11) is 1.42. The van der Waals surface area contributed by atoms with Crippen LogP contribution in [-0.2, 0) is 16.0 Å². The molecule has 6 heteroatoms. The lowest BCUT2D eigenvalue weighted by molar-refractivity contribution is -0.140. The molecule has 0 aliphatic rings. The Morgan fingerprint density at radius 1 is 0.825 bits per heavy atom. The highest BCUT2D eigenvalue weighted by atomic mass is 35.5. The molecular weight excluding hydrogens is 554 g/mol. The van der Waals surface area contributed by atoms with Gasteiger partial charge in [-0.15, -0.1) is 22.7 Å². The van der Waals surface area contributed by atoms with Crippen LogP contribution in [0.25, 0.3) is 21.9 Å². The van der Waals surface area contributed by atoms with Gasteiger partial charge < -0.3 is 9.64 Å². The van der Waals surface area contributed by atoms with Crippen molar-refractivity contribution in [2.45, 2.75) is 26.7 Å². The fourth-order valence-electron chi connectivity index (χ4n) is 4.55. The summed E-state index contributed by atoms with van der Waals surface area (Å²) in [5.74, 6) is -0.193. The summed E-state index contributed by atoms with van der Waals surface area (Å²) in [6.45, 7) is 4.27. The summed E-state index contributed by atoms with van der Waals surface area (Å²) in [5, 5.41) is 0. The molecule has 3 aromatic carbocycles. The summed E-state index contributed by atoms with van der Waals surface area (Å²) < 4.78 is 5.60. The number of halogens is 1. The molecular formula is C34H30ClNO2S2. The molecule has 5 rings (SSSR count). The van der Waals surface area contributed by atoms with Crippen LogP contribution < -0.4 is 4.90 Å². The standard InChI is InChI=1S/C34H30ClNO2S2/c1-23-21-31(34-24(2)22-32(35)40-34)39-30(23)19-13-25-9-15-28(16-10-25)36(27-7-5-4-6-8-27)29-17-11-26(12-18-29)14-20-33(37)38-3/h4-13,15-19,21-22H,14,20H2,1-3H3/b19-13+. The molecule has 0 radical (unpaired) electrons. The summed E-state index contributed by atoms with van der Waals surface area (Å²) in [5.41, 5.74) is 7.95. The molecule has 0 spiro atoms. The molecule has 0 aliphatic heterocycles. The first-order valence-corrected chi connectivity index (χ1v) is 15.1. The topological polar surface area (TPSA) is 29.5 Å². The lowest BCUT2D eigenvalue weighted by Crippen LogP contribution is -2.10. The van der Waals surface area contributed by atoms with E-state index in [2.05, 4.69) is 97.6 Å². The van der Waals surface area contributed by atoms with Crippen LogP contribution in [0, 0.1) is 13.8 Å². The second-order valence-corrected chi connectivity index (χ2v) is 12.3. The van der Waals surface area contributed by atoms with Crippen LogP contribution in [0.4, 0.5) is 17.1 Å². The fourth-order valence-corrected chi connectivity index (χ4v) is 7.09. The number of esters is 1. The first-order chi connectivity index (χ1) is 19.4. The number of benzene rings is 3. The van der Waals surface area contributed by atoms with E-state index in [-0.39, 0.29) is 5.97 Å². The Labute approximate surface area is 249 Å². The number of para-hydroxylation sites is 1. The largest absolute Gasteiger partial charge is 0.469 e. The third-order valence-electron chi connectivity index (χ3n) is 6.70. The van der Waals surface area contributed by atoms with Gasteiger partial charge in [0.15, 0.2) is 0 Å². The van der Waals surface area contributed by atoms with E-state index in [1.807, 2.05) is 24.3 Å². The zero-order chi connectivity index (χ0) is 28.1. The van der Waals surface area contributed by atoms with Crippen LogP contribution in [0.5, 0.6) is 0 Å². The molecule has 0 amide bonds. The summed E-state index contributed by atoms with van der Waals surface area (Å²) in [6.07, 6.45) is 5.40. The van der Waals surface area contributed by atoms with Gasteiger partial charge in [-0.1, -0.05) is 60.1 Å². The molecule has 5 aromatic rings. The third-order valence-corrected chi connectivity index (χ3v) is 9.45. The average Bonchev–Trinajstić information content (AvgIpc) is 3.52. The molecule has 0 fully saturated rings. The van der Waals surface area contributed by atoms with Gasteiger partial charge in [0, 0.05) is 38.1 Å². The molecule has 0 N–H and O–H groups in total. The van der Waals surface area contributed by atoms with Crippen LogP contribution in [0.2, 0.25) is 4.34 Å². The number of hydrogen-bond donors (Lipinski definition) is 0. The van der Waals surface area contributed by atoms with E-state index in [9.17, 15) is 4.79 Å². The van der Waals surface area contributed by atoms with E-state index in [1.165, 1.54) is 32.9 Å². The van der Waals surface area contributed by atoms with Crippen molar-refractivity contribution in [1.82, 2.24) is 0 Å². The number of aryl methyl sites for hydroxylation is 3. The van der Waals surface area contributed by atoms with E-state index >= 15 is 0 Å². The molecule has 0 aliphatic carbocycles. The van der Waals surface area contributed by atoms with E-state index in [4.69, 9.17) is 16.3 Å². The van der Waals surface area contributed by atoms with Gasteiger partial charge in [0.2, 0.25) is 0 Å². The molecule has 0 saturated heterocycles. The van der Waals surface area contributed by atoms with Crippen molar-refractivity contribution >= 4 is 69.5 Å². The number of thiophene rings is 2. The second-order valence-electron chi connectivity index (χ2n) is 9.56. The van der Waals surface area contributed by atoms with Gasteiger partial charge in [0.1, 0.15) is 0 Å². The maximum absolute atomic E-state index is 11.5. The normalized spacial score (nSPS) is 11.2. The van der Waals surface area contributed by atoms with Gasteiger partial charge in [-0.25, -0.2) is 0 Å². The minimum atomic E-state index is -0.193. The molecule has 2 heterocycles. The van der Waals surface area contributed by atoms with Crippen molar-refractivity contribution in [3.63, 3.8) is 0 Å². The Morgan fingerprint density at radius 2 is 1.48 bits per heavy atom. The quantitative estimate of drug-likeness (QED) is 0.162. The van der Waals surface area contributed by atoms with Crippen molar-refractivity contribution in [3.8, 4) is 9.75 Å². The first-order valence-electron chi connectivity index (χ1n) is 13.1. The highest BCUT2D eigenvalue weighted by molar-refractivity contribution is 7.24. The van der Waals surface area contributed by atoms with E-state index < -0.39 is 0 Å². The van der Waals surface area contributed by atoms with Crippen LogP contribution >= 0.6 is 34.3 Å². The monoisotopic (exact) mass is 583 g/mol. The number of carbonyl (C=O) groups excluding carboxylic acids is 1. The number of hydrogen-bond acceptors (Lipinski definition) is 5. The zero-order valence-electron chi connectivity index (χ0n) is 22.7. The number of anilines is 3.